The number of hydrogen-bond donors (Lipinski definition) is 3. The van der Waals surface area contributed by atoms with Crippen molar-refractivity contribution in [3.05, 3.63) is 67.9 Å². The fourth-order valence-electron chi connectivity index (χ4n) is 5.97. The number of benzene rings is 1. The number of amides is 2. The molecule has 1 aliphatic carbocycles. The number of nitrogens with zero attached hydrogens (tertiary/aromatic N) is 1. The summed E-state index contributed by atoms with van der Waals surface area (Å²) in [6.07, 6.45) is 4.11. The van der Waals surface area contributed by atoms with E-state index < -0.39 is 23.9 Å². The van der Waals surface area contributed by atoms with Crippen LogP contribution in [0.3, 0.4) is 0 Å². The summed E-state index contributed by atoms with van der Waals surface area (Å²) in [5.74, 6) is -2.33. The number of phenols is 1. The fraction of sp³-hybridized carbons (Fsp3) is 0.467. The summed E-state index contributed by atoms with van der Waals surface area (Å²) in [6, 6.07) is 8.63. The molecule has 7 nitrogen and oxygen atoms in total. The second-order valence-corrected chi connectivity index (χ2v) is 11.7. The monoisotopic (exact) mass is 573 g/mol. The highest BCUT2D eigenvalue weighted by molar-refractivity contribution is 7.09. The molecule has 4 rings (SSSR count). The van der Waals surface area contributed by atoms with E-state index in [4.69, 9.17) is 16.3 Å². The van der Waals surface area contributed by atoms with E-state index in [1.165, 1.54) is 22.3 Å². The van der Waals surface area contributed by atoms with Gasteiger partial charge >= 0.3 is 0 Å². The molecule has 2 aromatic rings. The lowest BCUT2D eigenvalue weighted by Gasteiger charge is -2.36. The number of likely N-dealkylation sites (tertiary alicyclic amines) is 1. The van der Waals surface area contributed by atoms with Crippen molar-refractivity contribution in [3.63, 3.8) is 0 Å². The molecule has 2 amide bonds. The first-order chi connectivity index (χ1) is 18.8. The number of ether oxygens (including phenoxy) is 1. The molecule has 0 bridgehead atoms. The van der Waals surface area contributed by atoms with Gasteiger partial charge in [-0.1, -0.05) is 42.7 Å². The summed E-state index contributed by atoms with van der Waals surface area (Å²) in [6.45, 7) is 2.19. The van der Waals surface area contributed by atoms with Crippen LogP contribution in [0.15, 0.2) is 52.4 Å². The van der Waals surface area contributed by atoms with Crippen molar-refractivity contribution >= 4 is 40.8 Å². The molecule has 9 heteroatoms. The molecule has 2 heterocycles. The molecule has 0 unspecified atom stereocenters. The zero-order chi connectivity index (χ0) is 28.1. The van der Waals surface area contributed by atoms with Gasteiger partial charge in [0.1, 0.15) is 5.75 Å². The lowest BCUT2D eigenvalue weighted by atomic mass is 9.68. The molecule has 1 saturated heterocycles. The topological polar surface area (TPSA) is 107 Å². The Morgan fingerprint density at radius 2 is 2.05 bits per heavy atom. The molecule has 39 heavy (non-hydrogen) atoms. The van der Waals surface area contributed by atoms with Crippen molar-refractivity contribution in [1.29, 1.82) is 0 Å². The number of halogens is 1. The SMILES string of the molecule is CCC/C(=C\c1ccc(O)cc1Cl)CC[C@@H](O)C1=C(COC)C[C@H]2C(=O)N(Cc3cccs3)C(=O)[C@H]2[C@H]1CO. The van der Waals surface area contributed by atoms with Gasteiger partial charge in [0.15, 0.2) is 0 Å². The Kier molecular flexibility index (Phi) is 10.0. The fourth-order valence-corrected chi connectivity index (χ4v) is 6.89. The van der Waals surface area contributed by atoms with Crippen LogP contribution in [0.1, 0.15) is 49.5 Å². The number of carbonyl (C=O) groups is 2. The standard InChI is InChI=1S/C30H36ClNO6S/c1-3-5-18(12-19-8-9-21(34)14-25(19)31)7-10-26(35)27-20(17-38-2)13-23-28(24(27)16-33)30(37)32(29(23)36)15-22-6-4-11-39-22/h4,6,8-9,11-12,14,23-24,26,28,33-35H,3,5,7,10,13,15-17H2,1-2H3/b18-12+/t23-,24+,26-,28-/m1/s1. The molecule has 0 radical (unpaired) electrons. The lowest BCUT2D eigenvalue weighted by Crippen LogP contribution is -2.39. The Labute approximate surface area is 238 Å². The van der Waals surface area contributed by atoms with Gasteiger partial charge in [0.25, 0.3) is 0 Å². The normalized spacial score (nSPS) is 22.5. The maximum atomic E-state index is 13.5. The zero-order valence-corrected chi connectivity index (χ0v) is 23.9. The largest absolute Gasteiger partial charge is 0.508 e. The van der Waals surface area contributed by atoms with Gasteiger partial charge in [-0.25, -0.2) is 0 Å². The Morgan fingerprint density at radius 3 is 2.69 bits per heavy atom. The molecule has 1 fully saturated rings. The molecule has 0 saturated carbocycles. The second kappa shape index (κ2) is 13.2. The van der Waals surface area contributed by atoms with E-state index in [2.05, 4.69) is 6.92 Å². The van der Waals surface area contributed by atoms with E-state index in [0.29, 0.717) is 29.9 Å². The average molecular weight is 574 g/mol. The summed E-state index contributed by atoms with van der Waals surface area (Å²) in [7, 11) is 1.56. The zero-order valence-electron chi connectivity index (χ0n) is 22.3. The molecular weight excluding hydrogens is 538 g/mol. The van der Waals surface area contributed by atoms with Gasteiger partial charge in [-0.3, -0.25) is 14.5 Å². The van der Waals surface area contributed by atoms with Crippen LogP contribution in [-0.2, 0) is 20.9 Å². The number of thiophene rings is 1. The summed E-state index contributed by atoms with van der Waals surface area (Å²) in [5.41, 5.74) is 3.30. The number of methoxy groups -OCH3 is 1. The van der Waals surface area contributed by atoms with E-state index in [1.54, 1.807) is 19.2 Å². The number of aromatic hydroxyl groups is 1. The number of phenolic OH excluding ortho intramolecular Hbond substituents is 1. The molecule has 2 aliphatic rings. The number of carbonyl (C=O) groups excluding carboxylic acids is 2. The van der Waals surface area contributed by atoms with Crippen molar-refractivity contribution in [2.24, 2.45) is 17.8 Å². The van der Waals surface area contributed by atoms with Crippen LogP contribution in [0, 0.1) is 17.8 Å². The van der Waals surface area contributed by atoms with Crippen LogP contribution in [0.25, 0.3) is 6.08 Å². The van der Waals surface area contributed by atoms with E-state index in [-0.39, 0.29) is 37.3 Å². The quantitative estimate of drug-likeness (QED) is 0.238. The maximum Gasteiger partial charge on any atom is 0.234 e. The minimum Gasteiger partial charge on any atom is -0.508 e. The lowest BCUT2D eigenvalue weighted by molar-refractivity contribution is -0.140. The Morgan fingerprint density at radius 1 is 1.26 bits per heavy atom. The van der Waals surface area contributed by atoms with Gasteiger partial charge in [-0.05, 0) is 72.0 Å². The minimum absolute atomic E-state index is 0.0989. The molecule has 4 atom stereocenters. The molecule has 3 N–H and O–H groups in total. The van der Waals surface area contributed by atoms with Crippen LogP contribution >= 0.6 is 22.9 Å². The number of aliphatic hydroxyl groups is 2. The van der Waals surface area contributed by atoms with Crippen molar-refractivity contribution < 1.29 is 29.6 Å². The maximum absolute atomic E-state index is 13.5. The first-order valence-electron chi connectivity index (χ1n) is 13.3. The number of hydrogen-bond acceptors (Lipinski definition) is 7. The van der Waals surface area contributed by atoms with E-state index in [9.17, 15) is 24.9 Å². The Balaban J connectivity index is 1.57. The summed E-state index contributed by atoms with van der Waals surface area (Å²) < 4.78 is 5.44. The Bertz CT molecular complexity index is 1240. The van der Waals surface area contributed by atoms with Gasteiger partial charge in [0, 0.05) is 17.9 Å². The van der Waals surface area contributed by atoms with Crippen LogP contribution in [0.5, 0.6) is 5.75 Å². The van der Waals surface area contributed by atoms with Crippen LogP contribution < -0.4 is 0 Å². The van der Waals surface area contributed by atoms with E-state index >= 15 is 0 Å². The predicted molar refractivity (Wildman–Crippen MR) is 152 cm³/mol. The van der Waals surface area contributed by atoms with Crippen LogP contribution in [0.4, 0.5) is 0 Å². The van der Waals surface area contributed by atoms with Gasteiger partial charge in [-0.2, -0.15) is 0 Å². The van der Waals surface area contributed by atoms with Crippen LogP contribution in [0.2, 0.25) is 5.02 Å². The van der Waals surface area contributed by atoms with Crippen LogP contribution in [-0.4, -0.2) is 58.5 Å². The van der Waals surface area contributed by atoms with Gasteiger partial charge in [0.2, 0.25) is 11.8 Å². The number of allylic oxidation sites excluding steroid dienone is 1. The van der Waals surface area contributed by atoms with E-state index in [1.807, 2.05) is 23.6 Å². The van der Waals surface area contributed by atoms with Crippen molar-refractivity contribution in [1.82, 2.24) is 4.90 Å². The molecule has 1 aromatic heterocycles. The highest BCUT2D eigenvalue weighted by atomic mass is 35.5. The molecule has 1 aliphatic heterocycles. The molecule has 1 aromatic carbocycles. The Hall–Kier alpha value is -2.49. The summed E-state index contributed by atoms with van der Waals surface area (Å²) in [5, 5.41) is 34.0. The third-order valence-electron chi connectivity index (χ3n) is 7.70. The highest BCUT2D eigenvalue weighted by Crippen LogP contribution is 2.46. The molecule has 0 spiro atoms. The third-order valence-corrected chi connectivity index (χ3v) is 8.89. The van der Waals surface area contributed by atoms with Crippen molar-refractivity contribution in [2.45, 2.75) is 51.7 Å². The second-order valence-electron chi connectivity index (χ2n) is 10.3. The molecule has 210 valence electrons. The summed E-state index contributed by atoms with van der Waals surface area (Å²) in [4.78, 5) is 29.1. The first-order valence-corrected chi connectivity index (χ1v) is 14.6. The summed E-state index contributed by atoms with van der Waals surface area (Å²) >= 11 is 7.81. The van der Waals surface area contributed by atoms with Gasteiger partial charge < -0.3 is 20.1 Å². The number of fused-ring (bicyclic) bond motifs is 1. The predicted octanol–water partition coefficient (Wildman–Crippen LogP) is 5.19. The number of aliphatic hydroxyl groups excluding tert-OH is 2. The van der Waals surface area contributed by atoms with Gasteiger partial charge in [0.05, 0.1) is 42.7 Å². The van der Waals surface area contributed by atoms with Crippen molar-refractivity contribution in [2.75, 3.05) is 20.3 Å². The van der Waals surface area contributed by atoms with Crippen molar-refractivity contribution in [3.8, 4) is 5.75 Å². The van der Waals surface area contributed by atoms with Gasteiger partial charge in [-0.15, -0.1) is 11.3 Å². The first kappa shape index (κ1) is 29.5. The number of rotatable bonds is 12. The minimum atomic E-state index is -0.905. The van der Waals surface area contributed by atoms with E-state index in [0.717, 1.165) is 34.4 Å². The number of imide groups is 1. The average Bonchev–Trinajstić information content (AvgIpc) is 3.51. The smallest absolute Gasteiger partial charge is 0.234 e. The third kappa shape index (κ3) is 6.47. The molecular formula is C30H36ClNO6S. The highest BCUT2D eigenvalue weighted by Gasteiger charge is 2.54.